The van der Waals surface area contributed by atoms with Gasteiger partial charge >= 0.3 is 0 Å². The van der Waals surface area contributed by atoms with Gasteiger partial charge in [-0.05, 0) is 18.2 Å². The molecule has 1 fully saturated rings. The summed E-state index contributed by atoms with van der Waals surface area (Å²) in [6.07, 6.45) is 0. The average Bonchev–Trinajstić information content (AvgIpc) is 2.32. The molecule has 5 heteroatoms. The third-order valence-corrected chi connectivity index (χ3v) is 3.37. The molecule has 1 aliphatic heterocycles. The first-order valence-electron chi connectivity index (χ1n) is 5.30. The third kappa shape index (κ3) is 2.42. The number of carbonyl (C=O) groups excluding carboxylic acids is 1. The topological polar surface area (TPSA) is 47.3 Å². The standard InChI is InChI=1S/C12H12BrN3O/c1-15-4-5-16(8-12(15)17)11-6-10(13)3-2-9(11)7-14/h2-3,6H,4-5,8H2,1H3. The second-order valence-corrected chi connectivity index (χ2v) is 4.93. The number of hydrogen-bond acceptors (Lipinski definition) is 3. The van der Waals surface area contributed by atoms with E-state index in [0.717, 1.165) is 16.7 Å². The molecule has 1 aromatic rings. The highest BCUT2D eigenvalue weighted by Crippen LogP contribution is 2.25. The van der Waals surface area contributed by atoms with E-state index in [4.69, 9.17) is 5.26 Å². The van der Waals surface area contributed by atoms with Crippen molar-refractivity contribution in [1.82, 2.24) is 4.90 Å². The first kappa shape index (κ1) is 11.9. The van der Waals surface area contributed by atoms with Gasteiger partial charge in [0.25, 0.3) is 0 Å². The number of rotatable bonds is 1. The molecule has 1 saturated heterocycles. The fraction of sp³-hybridized carbons (Fsp3) is 0.333. The smallest absolute Gasteiger partial charge is 0.241 e. The van der Waals surface area contributed by atoms with Crippen LogP contribution in [0.2, 0.25) is 0 Å². The molecule has 88 valence electrons. The van der Waals surface area contributed by atoms with Crippen molar-refractivity contribution in [3.63, 3.8) is 0 Å². The van der Waals surface area contributed by atoms with Crippen LogP contribution in [-0.2, 0) is 4.79 Å². The van der Waals surface area contributed by atoms with E-state index in [0.29, 0.717) is 18.7 Å². The van der Waals surface area contributed by atoms with E-state index < -0.39 is 0 Å². The van der Waals surface area contributed by atoms with Crippen LogP contribution < -0.4 is 4.90 Å². The van der Waals surface area contributed by atoms with Crippen LogP contribution in [0.25, 0.3) is 0 Å². The fourth-order valence-corrected chi connectivity index (χ4v) is 2.17. The van der Waals surface area contributed by atoms with E-state index >= 15 is 0 Å². The summed E-state index contributed by atoms with van der Waals surface area (Å²) in [5.41, 5.74) is 1.42. The number of anilines is 1. The van der Waals surface area contributed by atoms with E-state index in [1.165, 1.54) is 0 Å². The van der Waals surface area contributed by atoms with Crippen LogP contribution in [-0.4, -0.2) is 37.5 Å². The highest BCUT2D eigenvalue weighted by atomic mass is 79.9. The third-order valence-electron chi connectivity index (χ3n) is 2.88. The molecule has 0 radical (unpaired) electrons. The van der Waals surface area contributed by atoms with E-state index in [1.54, 1.807) is 18.0 Å². The lowest BCUT2D eigenvalue weighted by atomic mass is 10.1. The zero-order valence-electron chi connectivity index (χ0n) is 9.48. The van der Waals surface area contributed by atoms with Gasteiger partial charge in [-0.25, -0.2) is 0 Å². The molecular formula is C12H12BrN3O. The lowest BCUT2D eigenvalue weighted by molar-refractivity contribution is -0.129. The van der Waals surface area contributed by atoms with Gasteiger partial charge in [-0.15, -0.1) is 0 Å². The van der Waals surface area contributed by atoms with Crippen molar-refractivity contribution in [2.75, 3.05) is 31.6 Å². The molecule has 1 aromatic carbocycles. The maximum atomic E-state index is 11.7. The monoisotopic (exact) mass is 293 g/mol. The summed E-state index contributed by atoms with van der Waals surface area (Å²) in [6.45, 7) is 1.78. The van der Waals surface area contributed by atoms with Gasteiger partial charge in [0.15, 0.2) is 0 Å². The largest absolute Gasteiger partial charge is 0.359 e. The lowest BCUT2D eigenvalue weighted by Crippen LogP contribution is -2.48. The SMILES string of the molecule is CN1CCN(c2cc(Br)ccc2C#N)CC1=O. The van der Waals surface area contributed by atoms with Crippen LogP contribution in [0.3, 0.4) is 0 Å². The molecule has 0 spiro atoms. The molecule has 0 saturated carbocycles. The normalized spacial score (nSPS) is 15.9. The van der Waals surface area contributed by atoms with Crippen LogP contribution >= 0.6 is 15.9 Å². The minimum absolute atomic E-state index is 0.0834. The predicted octanol–water partition coefficient (Wildman–Crippen LogP) is 1.60. The van der Waals surface area contributed by atoms with Crippen molar-refractivity contribution in [1.29, 1.82) is 5.26 Å². The Labute approximate surface area is 109 Å². The molecule has 1 amide bonds. The summed E-state index contributed by atoms with van der Waals surface area (Å²) in [5.74, 6) is 0.0834. The zero-order valence-corrected chi connectivity index (χ0v) is 11.1. The number of hydrogen-bond donors (Lipinski definition) is 0. The lowest BCUT2D eigenvalue weighted by Gasteiger charge is -2.34. The van der Waals surface area contributed by atoms with E-state index in [9.17, 15) is 4.79 Å². The minimum atomic E-state index is 0.0834. The van der Waals surface area contributed by atoms with Gasteiger partial charge in [-0.1, -0.05) is 15.9 Å². The van der Waals surface area contributed by atoms with E-state index in [2.05, 4.69) is 22.0 Å². The summed E-state index contributed by atoms with van der Waals surface area (Å²) in [6, 6.07) is 7.64. The molecule has 0 aliphatic carbocycles. The van der Waals surface area contributed by atoms with Crippen LogP contribution in [0.15, 0.2) is 22.7 Å². The molecule has 0 atom stereocenters. The summed E-state index contributed by atoms with van der Waals surface area (Å²) < 4.78 is 0.915. The van der Waals surface area contributed by atoms with Gasteiger partial charge in [0, 0.05) is 24.6 Å². The number of benzene rings is 1. The summed E-state index contributed by atoms with van der Waals surface area (Å²) >= 11 is 3.39. The van der Waals surface area contributed by atoms with Gasteiger partial charge in [-0.3, -0.25) is 4.79 Å². The molecule has 0 N–H and O–H groups in total. The molecule has 0 aromatic heterocycles. The van der Waals surface area contributed by atoms with Crippen molar-refractivity contribution in [2.24, 2.45) is 0 Å². The van der Waals surface area contributed by atoms with Gasteiger partial charge in [0.1, 0.15) is 6.07 Å². The van der Waals surface area contributed by atoms with Crippen LogP contribution in [0.5, 0.6) is 0 Å². The number of amides is 1. The second-order valence-electron chi connectivity index (χ2n) is 4.01. The maximum Gasteiger partial charge on any atom is 0.241 e. The first-order chi connectivity index (χ1) is 8.11. The van der Waals surface area contributed by atoms with E-state index in [-0.39, 0.29) is 5.91 Å². The number of likely N-dealkylation sites (N-methyl/N-ethyl adjacent to an activating group) is 1. The number of nitrogens with zero attached hydrogens (tertiary/aromatic N) is 3. The first-order valence-corrected chi connectivity index (χ1v) is 6.09. The van der Waals surface area contributed by atoms with Crippen molar-refractivity contribution >= 4 is 27.5 Å². The van der Waals surface area contributed by atoms with Crippen molar-refractivity contribution in [3.05, 3.63) is 28.2 Å². The van der Waals surface area contributed by atoms with Gasteiger partial charge < -0.3 is 9.80 Å². The molecule has 1 heterocycles. The molecule has 0 bridgehead atoms. The number of halogens is 1. The Morgan fingerprint density at radius 2 is 2.18 bits per heavy atom. The molecule has 1 aliphatic rings. The summed E-state index contributed by atoms with van der Waals surface area (Å²) in [4.78, 5) is 15.3. The number of carbonyl (C=O) groups is 1. The Kier molecular flexibility index (Phi) is 3.34. The Morgan fingerprint density at radius 3 is 2.82 bits per heavy atom. The van der Waals surface area contributed by atoms with Crippen molar-refractivity contribution < 1.29 is 4.79 Å². The predicted molar refractivity (Wildman–Crippen MR) is 68.7 cm³/mol. The maximum absolute atomic E-state index is 11.7. The Balaban J connectivity index is 2.31. The fourth-order valence-electron chi connectivity index (χ4n) is 1.83. The number of nitriles is 1. The highest BCUT2D eigenvalue weighted by molar-refractivity contribution is 9.10. The highest BCUT2D eigenvalue weighted by Gasteiger charge is 2.22. The molecule has 0 unspecified atom stereocenters. The van der Waals surface area contributed by atoms with Gasteiger partial charge in [-0.2, -0.15) is 5.26 Å². The Morgan fingerprint density at radius 1 is 1.41 bits per heavy atom. The number of piperazine rings is 1. The minimum Gasteiger partial charge on any atom is -0.359 e. The van der Waals surface area contributed by atoms with Crippen LogP contribution in [0.4, 0.5) is 5.69 Å². The molecule has 17 heavy (non-hydrogen) atoms. The summed E-state index contributed by atoms with van der Waals surface area (Å²) in [7, 11) is 1.80. The zero-order chi connectivity index (χ0) is 12.4. The second kappa shape index (κ2) is 4.76. The Bertz CT molecular complexity index is 495. The summed E-state index contributed by atoms with van der Waals surface area (Å²) in [5, 5.41) is 9.07. The van der Waals surface area contributed by atoms with Crippen LogP contribution in [0, 0.1) is 11.3 Å². The average molecular weight is 294 g/mol. The Hall–Kier alpha value is -1.54. The van der Waals surface area contributed by atoms with Gasteiger partial charge in [0.2, 0.25) is 5.91 Å². The van der Waals surface area contributed by atoms with Crippen molar-refractivity contribution in [2.45, 2.75) is 0 Å². The quantitative estimate of drug-likeness (QED) is 0.790. The van der Waals surface area contributed by atoms with E-state index in [1.807, 2.05) is 17.0 Å². The molecule has 2 rings (SSSR count). The molecular weight excluding hydrogens is 282 g/mol. The van der Waals surface area contributed by atoms with Gasteiger partial charge in [0.05, 0.1) is 17.8 Å². The van der Waals surface area contributed by atoms with Crippen molar-refractivity contribution in [3.8, 4) is 6.07 Å². The van der Waals surface area contributed by atoms with Crippen LogP contribution in [0.1, 0.15) is 5.56 Å². The molecule has 4 nitrogen and oxygen atoms in total.